The molecule has 2 aliphatic rings. The first-order chi connectivity index (χ1) is 14.6. The Morgan fingerprint density at radius 2 is 1.77 bits per heavy atom. The van der Waals surface area contributed by atoms with Crippen LogP contribution >= 0.6 is 0 Å². The molecule has 2 aromatic carbocycles. The summed E-state index contributed by atoms with van der Waals surface area (Å²) < 4.78 is 5.17. The van der Waals surface area contributed by atoms with E-state index in [0.29, 0.717) is 6.54 Å². The van der Waals surface area contributed by atoms with E-state index in [4.69, 9.17) is 4.74 Å². The van der Waals surface area contributed by atoms with Crippen molar-refractivity contribution in [1.82, 2.24) is 10.2 Å². The first-order valence-electron chi connectivity index (χ1n) is 10.6. The highest BCUT2D eigenvalue weighted by atomic mass is 16.5. The zero-order valence-electron chi connectivity index (χ0n) is 17.4. The van der Waals surface area contributed by atoms with Gasteiger partial charge in [0.15, 0.2) is 0 Å². The smallest absolute Gasteiger partial charge is 0.227 e. The molecule has 1 unspecified atom stereocenters. The van der Waals surface area contributed by atoms with Gasteiger partial charge in [-0.1, -0.05) is 30.3 Å². The number of nitrogens with zero attached hydrogens (tertiary/aromatic N) is 2. The van der Waals surface area contributed by atoms with Crippen LogP contribution in [0.4, 0.5) is 5.69 Å². The summed E-state index contributed by atoms with van der Waals surface area (Å²) in [5.41, 5.74) is 2.13. The number of hydrogen-bond acceptors (Lipinski definition) is 4. The molecule has 1 atom stereocenters. The van der Waals surface area contributed by atoms with Gasteiger partial charge in [0, 0.05) is 44.3 Å². The van der Waals surface area contributed by atoms with E-state index < -0.39 is 0 Å². The lowest BCUT2D eigenvalue weighted by Crippen LogP contribution is -2.46. The van der Waals surface area contributed by atoms with Gasteiger partial charge in [-0.25, -0.2) is 0 Å². The Bertz CT molecular complexity index is 861. The van der Waals surface area contributed by atoms with E-state index in [1.807, 2.05) is 30.3 Å². The first kappa shape index (κ1) is 20.4. The molecule has 6 heteroatoms. The largest absolute Gasteiger partial charge is 0.497 e. The molecule has 0 bridgehead atoms. The van der Waals surface area contributed by atoms with Gasteiger partial charge < -0.3 is 15.0 Å². The van der Waals surface area contributed by atoms with Gasteiger partial charge in [0.25, 0.3) is 0 Å². The number of amides is 2. The summed E-state index contributed by atoms with van der Waals surface area (Å²) >= 11 is 0. The van der Waals surface area contributed by atoms with Gasteiger partial charge in [0.1, 0.15) is 5.75 Å². The predicted molar refractivity (Wildman–Crippen MR) is 116 cm³/mol. The van der Waals surface area contributed by atoms with E-state index in [0.717, 1.165) is 43.9 Å². The van der Waals surface area contributed by atoms with Gasteiger partial charge >= 0.3 is 0 Å². The van der Waals surface area contributed by atoms with Gasteiger partial charge in [0.05, 0.1) is 13.0 Å². The summed E-state index contributed by atoms with van der Waals surface area (Å²) in [6.07, 6.45) is 2.16. The number of likely N-dealkylation sites (tertiary alicyclic amines) is 1. The van der Waals surface area contributed by atoms with Crippen LogP contribution in [0.2, 0.25) is 0 Å². The zero-order valence-corrected chi connectivity index (χ0v) is 17.4. The highest BCUT2D eigenvalue weighted by Crippen LogP contribution is 2.27. The van der Waals surface area contributed by atoms with Crippen molar-refractivity contribution in [1.29, 1.82) is 0 Å². The fourth-order valence-electron chi connectivity index (χ4n) is 4.29. The number of carbonyl (C=O) groups excluding carboxylic acids is 2. The lowest BCUT2D eigenvalue weighted by molar-refractivity contribution is -0.127. The molecule has 2 amide bonds. The monoisotopic (exact) mass is 407 g/mol. The van der Waals surface area contributed by atoms with Crippen LogP contribution in [0.25, 0.3) is 0 Å². The number of piperidine rings is 1. The Morgan fingerprint density at radius 1 is 1.07 bits per heavy atom. The molecule has 0 radical (unpaired) electrons. The standard InChI is InChI=1S/C24H29N3O3/c1-30-22-9-7-21(8-10-22)27-17-19(15-23(27)28)24(29)25-20-11-13-26(14-12-20)16-18-5-3-2-4-6-18/h2-10,19-20H,11-17H2,1H3,(H,25,29). The number of methoxy groups -OCH3 is 1. The maximum atomic E-state index is 12.8. The van der Waals surface area contributed by atoms with Gasteiger partial charge in [-0.3, -0.25) is 14.5 Å². The molecular formula is C24H29N3O3. The predicted octanol–water partition coefficient (Wildman–Crippen LogP) is 2.83. The highest BCUT2D eigenvalue weighted by molar-refractivity contribution is 6.00. The Labute approximate surface area is 177 Å². The Kier molecular flexibility index (Phi) is 6.33. The van der Waals surface area contributed by atoms with E-state index in [-0.39, 0.29) is 30.2 Å². The summed E-state index contributed by atoms with van der Waals surface area (Å²) in [4.78, 5) is 29.4. The van der Waals surface area contributed by atoms with Crippen LogP contribution in [0.5, 0.6) is 5.75 Å². The molecule has 0 spiro atoms. The number of hydrogen-bond donors (Lipinski definition) is 1. The number of rotatable bonds is 6. The molecule has 2 heterocycles. The maximum Gasteiger partial charge on any atom is 0.227 e. The third-order valence-corrected chi connectivity index (χ3v) is 6.06. The number of nitrogens with one attached hydrogen (secondary N) is 1. The summed E-state index contributed by atoms with van der Waals surface area (Å²) in [6, 6.07) is 18.1. The van der Waals surface area contributed by atoms with E-state index in [1.54, 1.807) is 12.0 Å². The lowest BCUT2D eigenvalue weighted by atomic mass is 10.0. The number of benzene rings is 2. The van der Waals surface area contributed by atoms with Crippen LogP contribution in [-0.2, 0) is 16.1 Å². The van der Waals surface area contributed by atoms with Gasteiger partial charge in [-0.15, -0.1) is 0 Å². The molecule has 2 aromatic rings. The van der Waals surface area contributed by atoms with Crippen molar-refractivity contribution in [2.45, 2.75) is 31.8 Å². The van der Waals surface area contributed by atoms with Crippen molar-refractivity contribution in [2.75, 3.05) is 31.6 Å². The summed E-state index contributed by atoms with van der Waals surface area (Å²) in [5, 5.41) is 3.19. The van der Waals surface area contributed by atoms with Crippen molar-refractivity contribution < 1.29 is 14.3 Å². The molecule has 4 rings (SSSR count). The SMILES string of the molecule is COc1ccc(N2CC(C(=O)NC3CCN(Cc4ccccc4)CC3)CC2=O)cc1. The molecule has 2 fully saturated rings. The lowest BCUT2D eigenvalue weighted by Gasteiger charge is -2.32. The number of anilines is 1. The number of ether oxygens (including phenoxy) is 1. The second kappa shape index (κ2) is 9.30. The molecule has 1 N–H and O–H groups in total. The third kappa shape index (κ3) is 4.82. The Balaban J connectivity index is 1.26. The van der Waals surface area contributed by atoms with Crippen molar-refractivity contribution in [3.05, 3.63) is 60.2 Å². The van der Waals surface area contributed by atoms with Gasteiger partial charge in [0.2, 0.25) is 11.8 Å². The second-order valence-electron chi connectivity index (χ2n) is 8.15. The van der Waals surface area contributed by atoms with E-state index in [1.165, 1.54) is 5.56 Å². The fraction of sp³-hybridized carbons (Fsp3) is 0.417. The molecule has 2 saturated heterocycles. The topological polar surface area (TPSA) is 61.9 Å². The zero-order chi connectivity index (χ0) is 20.9. The minimum atomic E-state index is -0.290. The molecule has 2 aliphatic heterocycles. The first-order valence-corrected chi connectivity index (χ1v) is 10.6. The molecular weight excluding hydrogens is 378 g/mol. The molecule has 0 saturated carbocycles. The van der Waals surface area contributed by atoms with Crippen molar-refractivity contribution in [3.8, 4) is 5.75 Å². The summed E-state index contributed by atoms with van der Waals surface area (Å²) in [7, 11) is 1.61. The van der Waals surface area contributed by atoms with Crippen LogP contribution in [0.3, 0.4) is 0 Å². The van der Waals surface area contributed by atoms with Gasteiger partial charge in [-0.2, -0.15) is 0 Å². The van der Waals surface area contributed by atoms with Crippen molar-refractivity contribution in [3.63, 3.8) is 0 Å². The van der Waals surface area contributed by atoms with Crippen LogP contribution < -0.4 is 15.0 Å². The summed E-state index contributed by atoms with van der Waals surface area (Å²) in [5.74, 6) is 0.458. The molecule has 6 nitrogen and oxygen atoms in total. The van der Waals surface area contributed by atoms with Crippen LogP contribution in [0.1, 0.15) is 24.8 Å². The fourth-order valence-corrected chi connectivity index (χ4v) is 4.29. The minimum absolute atomic E-state index is 0.000807. The molecule has 0 aromatic heterocycles. The highest BCUT2D eigenvalue weighted by Gasteiger charge is 2.36. The average Bonchev–Trinajstić information content (AvgIpc) is 3.18. The third-order valence-electron chi connectivity index (χ3n) is 6.06. The average molecular weight is 408 g/mol. The maximum absolute atomic E-state index is 12.8. The molecule has 30 heavy (non-hydrogen) atoms. The van der Waals surface area contributed by atoms with E-state index >= 15 is 0 Å². The Hall–Kier alpha value is -2.86. The Morgan fingerprint density at radius 3 is 2.43 bits per heavy atom. The van der Waals surface area contributed by atoms with Crippen LogP contribution in [0, 0.1) is 5.92 Å². The minimum Gasteiger partial charge on any atom is -0.497 e. The second-order valence-corrected chi connectivity index (χ2v) is 8.15. The van der Waals surface area contributed by atoms with E-state index in [9.17, 15) is 9.59 Å². The van der Waals surface area contributed by atoms with Crippen LogP contribution in [0.15, 0.2) is 54.6 Å². The van der Waals surface area contributed by atoms with Crippen molar-refractivity contribution >= 4 is 17.5 Å². The van der Waals surface area contributed by atoms with E-state index in [2.05, 4.69) is 34.5 Å². The quantitative estimate of drug-likeness (QED) is 0.800. The molecule has 158 valence electrons. The number of carbonyl (C=O) groups is 2. The van der Waals surface area contributed by atoms with Gasteiger partial charge in [-0.05, 0) is 42.7 Å². The van der Waals surface area contributed by atoms with Crippen molar-refractivity contribution in [2.24, 2.45) is 5.92 Å². The normalized spacial score (nSPS) is 20.4. The van der Waals surface area contributed by atoms with Crippen LogP contribution in [-0.4, -0.2) is 49.5 Å². The summed E-state index contributed by atoms with van der Waals surface area (Å²) in [6.45, 7) is 3.34. The molecule has 0 aliphatic carbocycles.